The molecule has 2 rings (SSSR count). The van der Waals surface area contributed by atoms with E-state index in [1.807, 2.05) is 48.5 Å². The third kappa shape index (κ3) is 9.66. The smallest absolute Gasteiger partial charge is 0.256 e. The average molecular weight is 507 g/mol. The predicted octanol–water partition coefficient (Wildman–Crippen LogP) is 7.84. The fourth-order valence-corrected chi connectivity index (χ4v) is 3.92. The maximum Gasteiger partial charge on any atom is 0.256 e. The van der Waals surface area contributed by atoms with Crippen LogP contribution in [-0.2, 0) is 0 Å². The molecule has 0 aliphatic rings. The van der Waals surface area contributed by atoms with Gasteiger partial charge in [-0.05, 0) is 53.3 Å². The second-order valence-electron chi connectivity index (χ2n) is 7.49. The van der Waals surface area contributed by atoms with Gasteiger partial charge in [-0.1, -0.05) is 82.9 Å². The molecule has 29 heavy (non-hydrogen) atoms. The highest BCUT2D eigenvalue weighted by atomic mass is 127. The van der Waals surface area contributed by atoms with Crippen LogP contribution in [0.25, 0.3) is 0 Å². The van der Waals surface area contributed by atoms with Gasteiger partial charge in [0.1, 0.15) is 5.75 Å². The Bertz CT molecular complexity index is 732. The number of anilines is 1. The van der Waals surface area contributed by atoms with Gasteiger partial charge in [0.05, 0.1) is 12.2 Å². The van der Waals surface area contributed by atoms with Gasteiger partial charge in [0.25, 0.3) is 5.91 Å². The third-order valence-corrected chi connectivity index (χ3v) is 5.92. The van der Waals surface area contributed by atoms with E-state index < -0.39 is 0 Å². The molecule has 0 fully saturated rings. The van der Waals surface area contributed by atoms with Crippen molar-refractivity contribution >= 4 is 34.2 Å². The van der Waals surface area contributed by atoms with Crippen molar-refractivity contribution in [2.24, 2.45) is 0 Å². The number of hydrogen-bond donors (Lipinski definition) is 1. The first kappa shape index (κ1) is 23.7. The van der Waals surface area contributed by atoms with Crippen molar-refractivity contribution in [2.45, 2.75) is 71.1 Å². The molecule has 0 heterocycles. The molecule has 2 aromatic carbocycles. The average Bonchev–Trinajstić information content (AvgIpc) is 2.72. The van der Waals surface area contributed by atoms with Crippen molar-refractivity contribution in [3.63, 3.8) is 0 Å². The molecule has 1 amide bonds. The fourth-order valence-electron chi connectivity index (χ4n) is 3.29. The van der Waals surface area contributed by atoms with Crippen LogP contribution in [0.3, 0.4) is 0 Å². The highest BCUT2D eigenvalue weighted by Gasteiger charge is 2.09. The summed E-state index contributed by atoms with van der Waals surface area (Å²) in [5.41, 5.74) is 1.44. The van der Waals surface area contributed by atoms with E-state index in [0.717, 1.165) is 28.0 Å². The fraction of sp³-hybridized carbons (Fsp3) is 0.480. The molecule has 0 radical (unpaired) electrons. The Labute approximate surface area is 189 Å². The molecule has 3 nitrogen and oxygen atoms in total. The molecule has 0 aliphatic heterocycles. The molecule has 1 N–H and O–H groups in total. The van der Waals surface area contributed by atoms with Crippen LogP contribution >= 0.6 is 22.6 Å². The van der Waals surface area contributed by atoms with Crippen molar-refractivity contribution in [1.82, 2.24) is 0 Å². The molecule has 0 atom stereocenters. The van der Waals surface area contributed by atoms with Crippen molar-refractivity contribution < 1.29 is 9.53 Å². The number of unbranched alkanes of at least 4 members (excludes halogenated alkanes) is 9. The van der Waals surface area contributed by atoms with Gasteiger partial charge in [-0.15, -0.1) is 0 Å². The van der Waals surface area contributed by atoms with Crippen molar-refractivity contribution in [2.75, 3.05) is 11.9 Å². The Morgan fingerprint density at radius 1 is 0.862 bits per heavy atom. The first-order valence-corrected chi connectivity index (χ1v) is 12.1. The highest BCUT2D eigenvalue weighted by Crippen LogP contribution is 2.20. The first-order chi connectivity index (χ1) is 14.2. The lowest BCUT2D eigenvalue weighted by Gasteiger charge is -2.10. The number of carbonyl (C=O) groups excluding carboxylic acids is 1. The van der Waals surface area contributed by atoms with E-state index in [9.17, 15) is 4.79 Å². The zero-order chi connectivity index (χ0) is 20.7. The molecule has 0 spiro atoms. The van der Waals surface area contributed by atoms with E-state index in [4.69, 9.17) is 4.74 Å². The van der Waals surface area contributed by atoms with E-state index in [0.29, 0.717) is 5.56 Å². The Hall–Kier alpha value is -1.56. The molecule has 158 valence electrons. The summed E-state index contributed by atoms with van der Waals surface area (Å²) >= 11 is 2.18. The molecule has 0 unspecified atom stereocenters. The molecule has 2 aromatic rings. The Morgan fingerprint density at radius 3 is 2.21 bits per heavy atom. The SMILES string of the molecule is CCCCCCCCCCCCOc1cccc(NC(=O)c2ccccc2I)c1. The van der Waals surface area contributed by atoms with E-state index in [1.54, 1.807) is 0 Å². The zero-order valence-electron chi connectivity index (χ0n) is 17.6. The van der Waals surface area contributed by atoms with Crippen LogP contribution < -0.4 is 10.1 Å². The van der Waals surface area contributed by atoms with Crippen LogP contribution in [-0.4, -0.2) is 12.5 Å². The summed E-state index contributed by atoms with van der Waals surface area (Å²) in [5, 5.41) is 2.96. The number of hydrogen-bond acceptors (Lipinski definition) is 2. The maximum atomic E-state index is 12.4. The minimum Gasteiger partial charge on any atom is -0.494 e. The zero-order valence-corrected chi connectivity index (χ0v) is 19.7. The van der Waals surface area contributed by atoms with Crippen LogP contribution in [0.5, 0.6) is 5.75 Å². The molecule has 0 bridgehead atoms. The summed E-state index contributed by atoms with van der Waals surface area (Å²) in [6.45, 7) is 2.99. The van der Waals surface area contributed by atoms with Crippen LogP contribution in [0.1, 0.15) is 81.5 Å². The summed E-state index contributed by atoms with van der Waals surface area (Å²) in [4.78, 5) is 12.4. The van der Waals surface area contributed by atoms with Gasteiger partial charge < -0.3 is 10.1 Å². The number of rotatable bonds is 14. The maximum absolute atomic E-state index is 12.4. The largest absolute Gasteiger partial charge is 0.494 e. The Balaban J connectivity index is 1.62. The summed E-state index contributed by atoms with van der Waals surface area (Å²) < 4.78 is 6.82. The van der Waals surface area contributed by atoms with Crippen LogP contribution in [0.2, 0.25) is 0 Å². The van der Waals surface area contributed by atoms with Gasteiger partial charge in [0.2, 0.25) is 0 Å². The lowest BCUT2D eigenvalue weighted by atomic mass is 10.1. The van der Waals surface area contributed by atoms with Crippen LogP contribution in [0.15, 0.2) is 48.5 Å². The molecular weight excluding hydrogens is 473 g/mol. The quantitative estimate of drug-likeness (QED) is 0.209. The Morgan fingerprint density at radius 2 is 1.52 bits per heavy atom. The molecule has 0 aromatic heterocycles. The van der Waals surface area contributed by atoms with Gasteiger partial charge in [0.15, 0.2) is 0 Å². The minimum atomic E-state index is -0.0955. The van der Waals surface area contributed by atoms with E-state index >= 15 is 0 Å². The third-order valence-electron chi connectivity index (χ3n) is 4.98. The van der Waals surface area contributed by atoms with E-state index in [-0.39, 0.29) is 5.91 Å². The molecule has 4 heteroatoms. The van der Waals surface area contributed by atoms with Gasteiger partial charge in [-0.25, -0.2) is 0 Å². The predicted molar refractivity (Wildman–Crippen MR) is 131 cm³/mol. The highest BCUT2D eigenvalue weighted by molar-refractivity contribution is 14.1. The van der Waals surface area contributed by atoms with E-state index in [1.165, 1.54) is 57.8 Å². The van der Waals surface area contributed by atoms with Crippen LogP contribution in [0, 0.1) is 3.57 Å². The molecule has 0 aliphatic carbocycles. The topological polar surface area (TPSA) is 38.3 Å². The number of benzene rings is 2. The molecule has 0 saturated carbocycles. The van der Waals surface area contributed by atoms with Crippen LogP contribution in [0.4, 0.5) is 5.69 Å². The van der Waals surface area contributed by atoms with Gasteiger partial charge in [-0.2, -0.15) is 0 Å². The normalized spacial score (nSPS) is 10.7. The second kappa shape index (κ2) is 14.4. The minimum absolute atomic E-state index is 0.0955. The summed E-state index contributed by atoms with van der Waals surface area (Å²) in [5.74, 6) is 0.711. The number of carbonyl (C=O) groups is 1. The van der Waals surface area contributed by atoms with Gasteiger partial charge in [0, 0.05) is 15.3 Å². The summed E-state index contributed by atoms with van der Waals surface area (Å²) in [6, 6.07) is 15.2. The van der Waals surface area contributed by atoms with Gasteiger partial charge in [-0.3, -0.25) is 4.79 Å². The standard InChI is InChI=1S/C25H34INO2/c1-2-3-4-5-6-7-8-9-10-13-19-29-22-16-14-15-21(20-22)27-25(28)23-17-11-12-18-24(23)26/h11-12,14-18,20H,2-10,13,19H2,1H3,(H,27,28). The van der Waals surface area contributed by atoms with E-state index in [2.05, 4.69) is 34.8 Å². The lowest BCUT2D eigenvalue weighted by Crippen LogP contribution is -2.13. The monoisotopic (exact) mass is 507 g/mol. The molecular formula is C25H34INO2. The second-order valence-corrected chi connectivity index (χ2v) is 8.65. The van der Waals surface area contributed by atoms with Crippen molar-refractivity contribution in [3.8, 4) is 5.75 Å². The number of nitrogens with one attached hydrogen (secondary N) is 1. The number of amides is 1. The number of halogens is 1. The van der Waals surface area contributed by atoms with Gasteiger partial charge >= 0.3 is 0 Å². The first-order valence-electron chi connectivity index (χ1n) is 11.0. The van der Waals surface area contributed by atoms with Crippen molar-refractivity contribution in [1.29, 1.82) is 0 Å². The summed E-state index contributed by atoms with van der Waals surface area (Å²) in [6.07, 6.45) is 13.2. The summed E-state index contributed by atoms with van der Waals surface area (Å²) in [7, 11) is 0. The number of ether oxygens (including phenoxy) is 1. The van der Waals surface area contributed by atoms with Crippen molar-refractivity contribution in [3.05, 3.63) is 57.7 Å². The lowest BCUT2D eigenvalue weighted by molar-refractivity contribution is 0.102. The Kier molecular flexibility index (Phi) is 11.8. The molecule has 0 saturated heterocycles.